The molecule has 7 nitrogen and oxygen atoms in total. The molecule has 0 aliphatic carbocycles. The van der Waals surface area contributed by atoms with Crippen LogP contribution in [0.4, 0.5) is 5.69 Å². The van der Waals surface area contributed by atoms with Crippen molar-refractivity contribution in [2.45, 2.75) is 13.1 Å². The number of nitrogens with one attached hydrogen (secondary N) is 3. The topological polar surface area (TPSA) is 95.5 Å². The first-order chi connectivity index (χ1) is 11.5. The number of pyridine rings is 1. The van der Waals surface area contributed by atoms with E-state index < -0.39 is 10.0 Å². The molecule has 1 aromatic carbocycles. The summed E-state index contributed by atoms with van der Waals surface area (Å²) in [4.78, 5) is 8.39. The van der Waals surface area contributed by atoms with Gasteiger partial charge in [-0.25, -0.2) is 8.42 Å². The van der Waals surface area contributed by atoms with E-state index in [-0.39, 0.29) is 0 Å². The van der Waals surface area contributed by atoms with Gasteiger partial charge in [-0.15, -0.1) is 0 Å². The first kappa shape index (κ1) is 17.7. The number of benzene rings is 1. The highest BCUT2D eigenvalue weighted by atomic mass is 32.2. The molecule has 1 heterocycles. The number of anilines is 1. The lowest BCUT2D eigenvalue weighted by molar-refractivity contribution is 0.606. The zero-order chi connectivity index (χ0) is 17.4. The van der Waals surface area contributed by atoms with E-state index in [1.54, 1.807) is 25.4 Å². The molecule has 0 amide bonds. The van der Waals surface area contributed by atoms with Crippen LogP contribution in [0.2, 0.25) is 0 Å². The molecule has 1 aromatic heterocycles. The van der Waals surface area contributed by atoms with Crippen molar-refractivity contribution >= 4 is 21.7 Å². The van der Waals surface area contributed by atoms with Gasteiger partial charge in [0.2, 0.25) is 10.0 Å². The number of hydrogen-bond donors (Lipinski definition) is 3. The summed E-state index contributed by atoms with van der Waals surface area (Å²) in [6.45, 7) is 0.977. The maximum atomic E-state index is 11.4. The number of sulfonamides is 1. The van der Waals surface area contributed by atoms with E-state index in [9.17, 15) is 8.42 Å². The summed E-state index contributed by atoms with van der Waals surface area (Å²) in [5.74, 6) is 0.606. The van der Waals surface area contributed by atoms with E-state index in [0.29, 0.717) is 24.7 Å². The maximum absolute atomic E-state index is 11.4. The number of aliphatic imine (C=N–C) groups is 1. The van der Waals surface area contributed by atoms with Gasteiger partial charge < -0.3 is 10.6 Å². The smallest absolute Gasteiger partial charge is 0.229 e. The highest BCUT2D eigenvalue weighted by Gasteiger charge is 2.07. The lowest BCUT2D eigenvalue weighted by atomic mass is 10.2. The van der Waals surface area contributed by atoms with E-state index in [2.05, 4.69) is 25.3 Å². The Balaban J connectivity index is 1.96. The van der Waals surface area contributed by atoms with Crippen LogP contribution in [0, 0.1) is 0 Å². The monoisotopic (exact) mass is 347 g/mol. The molecule has 0 saturated heterocycles. The molecule has 0 unspecified atom stereocenters. The predicted octanol–water partition coefficient (Wildman–Crippen LogP) is 1.32. The van der Waals surface area contributed by atoms with E-state index >= 15 is 0 Å². The highest BCUT2D eigenvalue weighted by Crippen LogP contribution is 2.15. The summed E-state index contributed by atoms with van der Waals surface area (Å²) in [7, 11) is -1.65. The molecule has 0 fully saturated rings. The molecule has 2 rings (SSSR count). The van der Waals surface area contributed by atoms with Gasteiger partial charge in [-0.2, -0.15) is 0 Å². The van der Waals surface area contributed by atoms with Crippen LogP contribution in [0.3, 0.4) is 0 Å². The van der Waals surface area contributed by atoms with E-state index in [0.717, 1.165) is 17.5 Å². The number of hydrogen-bond acceptors (Lipinski definition) is 4. The Kier molecular flexibility index (Phi) is 6.14. The Bertz CT molecular complexity index is 791. The van der Waals surface area contributed by atoms with Crippen molar-refractivity contribution in [1.82, 2.24) is 15.6 Å². The molecule has 0 aliphatic heterocycles. The number of guanidine groups is 1. The average molecular weight is 347 g/mol. The molecule has 3 N–H and O–H groups in total. The van der Waals surface area contributed by atoms with Gasteiger partial charge in [-0.1, -0.05) is 24.3 Å². The lowest BCUT2D eigenvalue weighted by Gasteiger charge is -2.14. The van der Waals surface area contributed by atoms with Crippen LogP contribution < -0.4 is 15.4 Å². The summed E-state index contributed by atoms with van der Waals surface area (Å²) in [5.41, 5.74) is 2.27. The van der Waals surface area contributed by atoms with Gasteiger partial charge >= 0.3 is 0 Å². The van der Waals surface area contributed by atoms with Gasteiger partial charge in [0.15, 0.2) is 5.96 Å². The fourth-order valence-corrected chi connectivity index (χ4v) is 2.65. The van der Waals surface area contributed by atoms with Crippen LogP contribution in [-0.2, 0) is 23.1 Å². The zero-order valence-electron chi connectivity index (χ0n) is 13.7. The van der Waals surface area contributed by atoms with Crippen molar-refractivity contribution < 1.29 is 8.42 Å². The normalized spacial score (nSPS) is 11.8. The minimum absolute atomic E-state index is 0.431. The van der Waals surface area contributed by atoms with Crippen molar-refractivity contribution in [1.29, 1.82) is 0 Å². The Morgan fingerprint density at radius 2 is 1.79 bits per heavy atom. The van der Waals surface area contributed by atoms with Crippen molar-refractivity contribution in [3.05, 3.63) is 59.9 Å². The fourth-order valence-electron chi connectivity index (χ4n) is 2.05. The van der Waals surface area contributed by atoms with Crippen LogP contribution in [-0.4, -0.2) is 32.7 Å². The Labute approximate surface area is 142 Å². The molecule has 24 heavy (non-hydrogen) atoms. The Morgan fingerprint density at radius 1 is 1.08 bits per heavy atom. The molecule has 0 bridgehead atoms. The predicted molar refractivity (Wildman–Crippen MR) is 96.2 cm³/mol. The summed E-state index contributed by atoms with van der Waals surface area (Å²) < 4.78 is 25.4. The summed E-state index contributed by atoms with van der Waals surface area (Å²) >= 11 is 0. The number of aromatic nitrogens is 1. The van der Waals surface area contributed by atoms with Crippen molar-refractivity contribution in [3.8, 4) is 0 Å². The molecule has 0 aliphatic rings. The number of nitrogens with zero attached hydrogens (tertiary/aromatic N) is 2. The minimum atomic E-state index is -3.32. The molecular weight excluding hydrogens is 326 g/mol. The molecular formula is C16H21N5O2S. The second-order valence-corrected chi connectivity index (χ2v) is 6.88. The maximum Gasteiger partial charge on any atom is 0.229 e. The molecule has 0 spiro atoms. The van der Waals surface area contributed by atoms with Gasteiger partial charge in [-0.3, -0.25) is 14.7 Å². The first-order valence-corrected chi connectivity index (χ1v) is 9.27. The SMILES string of the molecule is CN=C(NCc1ccccn1)NCc1ccccc1NS(C)(=O)=O. The third-order valence-corrected chi connectivity index (χ3v) is 3.74. The van der Waals surface area contributed by atoms with Crippen LogP contribution >= 0.6 is 0 Å². The van der Waals surface area contributed by atoms with Gasteiger partial charge in [0.1, 0.15) is 0 Å². The van der Waals surface area contributed by atoms with E-state index in [1.165, 1.54) is 0 Å². The van der Waals surface area contributed by atoms with Gasteiger partial charge in [0.25, 0.3) is 0 Å². The van der Waals surface area contributed by atoms with Crippen LogP contribution in [0.5, 0.6) is 0 Å². The van der Waals surface area contributed by atoms with Crippen molar-refractivity contribution in [3.63, 3.8) is 0 Å². The van der Waals surface area contributed by atoms with Crippen molar-refractivity contribution in [2.75, 3.05) is 18.0 Å². The molecule has 0 atom stereocenters. The second-order valence-electron chi connectivity index (χ2n) is 5.13. The largest absolute Gasteiger partial charge is 0.352 e. The molecule has 0 saturated carbocycles. The molecule has 8 heteroatoms. The van der Waals surface area contributed by atoms with E-state index in [1.807, 2.05) is 30.3 Å². The average Bonchev–Trinajstić information content (AvgIpc) is 2.56. The second kappa shape index (κ2) is 8.30. The Morgan fingerprint density at radius 3 is 2.46 bits per heavy atom. The van der Waals surface area contributed by atoms with Gasteiger partial charge in [-0.05, 0) is 23.8 Å². The van der Waals surface area contributed by atoms with Crippen LogP contribution in [0.1, 0.15) is 11.3 Å². The standard InChI is InChI=1S/C16H21N5O2S/c1-17-16(20-12-14-8-5-6-10-18-14)19-11-13-7-3-4-9-15(13)21-24(2,22)23/h3-10,21H,11-12H2,1-2H3,(H2,17,19,20). The third-order valence-electron chi connectivity index (χ3n) is 3.15. The Hall–Kier alpha value is -2.61. The zero-order valence-corrected chi connectivity index (χ0v) is 14.5. The number of para-hydroxylation sites is 1. The first-order valence-electron chi connectivity index (χ1n) is 7.38. The summed E-state index contributed by atoms with van der Waals surface area (Å²) in [6, 6.07) is 12.9. The summed E-state index contributed by atoms with van der Waals surface area (Å²) in [5, 5.41) is 6.32. The molecule has 0 radical (unpaired) electrons. The quantitative estimate of drug-likeness (QED) is 0.541. The third kappa shape index (κ3) is 5.88. The fraction of sp³-hybridized carbons (Fsp3) is 0.250. The summed E-state index contributed by atoms with van der Waals surface area (Å²) in [6.07, 6.45) is 2.87. The van der Waals surface area contributed by atoms with Crippen molar-refractivity contribution in [2.24, 2.45) is 4.99 Å². The van der Waals surface area contributed by atoms with Crippen LogP contribution in [0.15, 0.2) is 53.7 Å². The highest BCUT2D eigenvalue weighted by molar-refractivity contribution is 7.92. The van der Waals surface area contributed by atoms with E-state index in [4.69, 9.17) is 0 Å². The van der Waals surface area contributed by atoms with Gasteiger partial charge in [0.05, 0.1) is 24.2 Å². The molecule has 2 aromatic rings. The molecule has 128 valence electrons. The van der Waals surface area contributed by atoms with Crippen LogP contribution in [0.25, 0.3) is 0 Å². The number of rotatable bonds is 6. The van der Waals surface area contributed by atoms with Gasteiger partial charge in [0, 0.05) is 19.8 Å². The lowest BCUT2D eigenvalue weighted by Crippen LogP contribution is -2.36. The minimum Gasteiger partial charge on any atom is -0.352 e.